The van der Waals surface area contributed by atoms with E-state index in [9.17, 15) is 24.6 Å². The number of aliphatic hydroxyl groups excluding tert-OH is 1. The molecule has 6 nitrogen and oxygen atoms in total. The van der Waals surface area contributed by atoms with E-state index in [4.69, 9.17) is 4.74 Å². The fourth-order valence-corrected chi connectivity index (χ4v) is 7.08. The van der Waals surface area contributed by atoms with Gasteiger partial charge in [0.2, 0.25) is 5.78 Å². The minimum absolute atomic E-state index is 0.00243. The highest BCUT2D eigenvalue weighted by Crippen LogP contribution is 2.67. The molecule has 0 heterocycles. The van der Waals surface area contributed by atoms with E-state index in [0.717, 1.165) is 18.4 Å². The Labute approximate surface area is 171 Å². The zero-order valence-electron chi connectivity index (χ0n) is 17.3. The molecule has 3 saturated carbocycles. The third-order valence-electron chi connectivity index (χ3n) is 8.52. The fraction of sp³-hybridized carbons (Fsp3) is 0.696. The van der Waals surface area contributed by atoms with Crippen LogP contribution in [-0.4, -0.2) is 46.1 Å². The minimum Gasteiger partial charge on any atom is -0.458 e. The van der Waals surface area contributed by atoms with Gasteiger partial charge < -0.3 is 14.9 Å². The molecule has 0 aromatic heterocycles. The first-order valence-electron chi connectivity index (χ1n) is 10.5. The van der Waals surface area contributed by atoms with E-state index in [-0.39, 0.29) is 29.0 Å². The molecule has 4 aliphatic rings. The Morgan fingerprint density at radius 1 is 1.28 bits per heavy atom. The first kappa shape index (κ1) is 20.5. The lowest BCUT2D eigenvalue weighted by molar-refractivity contribution is -0.181. The minimum atomic E-state index is -1.60. The number of rotatable bonds is 3. The van der Waals surface area contributed by atoms with Crippen molar-refractivity contribution in [1.29, 1.82) is 0 Å². The smallest absolute Gasteiger partial charge is 0.303 e. The lowest BCUT2D eigenvalue weighted by Crippen LogP contribution is -2.61. The second kappa shape index (κ2) is 6.61. The van der Waals surface area contributed by atoms with Gasteiger partial charge in [-0.05, 0) is 56.1 Å². The number of carbonyl (C=O) groups is 3. The van der Waals surface area contributed by atoms with Crippen LogP contribution in [0.5, 0.6) is 0 Å². The summed E-state index contributed by atoms with van der Waals surface area (Å²) in [5.41, 5.74) is -1.67. The normalized spacial score (nSPS) is 45.7. The standard InChI is InChI=1S/C23H30O6/c1-13(24)29-12-19(27)23(28)9-7-17-16-5-4-14-10-15(25)6-8-21(14,2)20(16)18(26)11-22(17,23)3/h6,8,10,16-18,20,26,28H,4-5,7,9,11-12H2,1-3H3/t16?,17?,18-,20?,21+,22+,23+/m1/s1. The van der Waals surface area contributed by atoms with Crippen LogP contribution in [0.1, 0.15) is 52.9 Å². The summed E-state index contributed by atoms with van der Waals surface area (Å²) in [4.78, 5) is 35.9. The SMILES string of the molecule is CC(=O)OCC(=O)[C@@]1(O)CCC2C3CCC4=CC(=O)C=C[C@]4(C)C3[C@H](O)C[C@@]21C. The van der Waals surface area contributed by atoms with E-state index in [0.29, 0.717) is 19.3 Å². The molecule has 158 valence electrons. The van der Waals surface area contributed by atoms with Crippen molar-refractivity contribution in [3.8, 4) is 0 Å². The maximum Gasteiger partial charge on any atom is 0.303 e. The van der Waals surface area contributed by atoms with E-state index < -0.39 is 35.5 Å². The maximum absolute atomic E-state index is 12.9. The lowest BCUT2D eigenvalue weighted by Gasteiger charge is -2.59. The summed E-state index contributed by atoms with van der Waals surface area (Å²) in [5.74, 6) is -0.836. The van der Waals surface area contributed by atoms with Crippen molar-refractivity contribution in [3.05, 3.63) is 23.8 Å². The van der Waals surface area contributed by atoms with E-state index in [1.54, 1.807) is 12.2 Å². The van der Waals surface area contributed by atoms with Crippen molar-refractivity contribution in [1.82, 2.24) is 0 Å². The Bertz CT molecular complexity index is 827. The van der Waals surface area contributed by atoms with Gasteiger partial charge in [-0.15, -0.1) is 0 Å². The molecule has 0 amide bonds. The van der Waals surface area contributed by atoms with Gasteiger partial charge in [0.15, 0.2) is 12.4 Å². The second-order valence-corrected chi connectivity index (χ2v) is 9.81. The molecule has 7 atom stereocenters. The van der Waals surface area contributed by atoms with Crippen LogP contribution in [0.2, 0.25) is 0 Å². The number of fused-ring (bicyclic) bond motifs is 5. The number of hydrogen-bond donors (Lipinski definition) is 2. The van der Waals surface area contributed by atoms with Gasteiger partial charge >= 0.3 is 5.97 Å². The Kier molecular flexibility index (Phi) is 4.67. The van der Waals surface area contributed by atoms with Crippen LogP contribution < -0.4 is 0 Å². The molecular formula is C23H30O6. The number of ketones is 2. The molecular weight excluding hydrogens is 372 g/mol. The van der Waals surface area contributed by atoms with Crippen molar-refractivity contribution in [3.63, 3.8) is 0 Å². The molecule has 0 spiro atoms. The maximum atomic E-state index is 12.9. The number of ether oxygens (including phenoxy) is 1. The van der Waals surface area contributed by atoms with Crippen LogP contribution >= 0.6 is 0 Å². The number of aliphatic hydroxyl groups is 2. The van der Waals surface area contributed by atoms with Crippen LogP contribution in [0.3, 0.4) is 0 Å². The number of allylic oxidation sites excluding steroid dienone is 4. The fourth-order valence-electron chi connectivity index (χ4n) is 7.08. The van der Waals surface area contributed by atoms with E-state index in [1.807, 2.05) is 13.0 Å². The summed E-state index contributed by atoms with van der Waals surface area (Å²) < 4.78 is 4.88. The zero-order valence-corrected chi connectivity index (χ0v) is 17.3. The highest BCUT2D eigenvalue weighted by Gasteiger charge is 2.68. The first-order chi connectivity index (χ1) is 13.5. The zero-order chi connectivity index (χ0) is 21.2. The van der Waals surface area contributed by atoms with Crippen molar-refractivity contribution < 1.29 is 29.3 Å². The van der Waals surface area contributed by atoms with E-state index >= 15 is 0 Å². The summed E-state index contributed by atoms with van der Waals surface area (Å²) in [7, 11) is 0. The topological polar surface area (TPSA) is 101 Å². The summed E-state index contributed by atoms with van der Waals surface area (Å²) in [6, 6.07) is 0. The van der Waals surface area contributed by atoms with Crippen LogP contribution in [-0.2, 0) is 19.1 Å². The van der Waals surface area contributed by atoms with Crippen LogP contribution in [0.25, 0.3) is 0 Å². The third-order valence-corrected chi connectivity index (χ3v) is 8.52. The van der Waals surface area contributed by atoms with E-state index in [2.05, 4.69) is 6.92 Å². The summed E-state index contributed by atoms with van der Waals surface area (Å²) >= 11 is 0. The molecule has 3 unspecified atom stereocenters. The monoisotopic (exact) mass is 402 g/mol. The molecule has 29 heavy (non-hydrogen) atoms. The third kappa shape index (κ3) is 2.79. The average Bonchev–Trinajstić information content (AvgIpc) is 2.91. The van der Waals surface area contributed by atoms with Crippen molar-refractivity contribution in [2.24, 2.45) is 28.6 Å². The van der Waals surface area contributed by atoms with Gasteiger partial charge in [0.1, 0.15) is 5.60 Å². The van der Waals surface area contributed by atoms with Gasteiger partial charge in [-0.25, -0.2) is 0 Å². The first-order valence-corrected chi connectivity index (χ1v) is 10.5. The summed E-state index contributed by atoms with van der Waals surface area (Å²) in [5, 5.41) is 22.7. The molecule has 2 N–H and O–H groups in total. The lowest BCUT2D eigenvalue weighted by atomic mass is 9.46. The van der Waals surface area contributed by atoms with Crippen LogP contribution in [0, 0.1) is 28.6 Å². The molecule has 0 aromatic rings. The highest BCUT2D eigenvalue weighted by atomic mass is 16.5. The number of carbonyl (C=O) groups excluding carboxylic acids is 3. The Hall–Kier alpha value is -1.79. The van der Waals surface area contributed by atoms with Crippen molar-refractivity contribution in [2.75, 3.05) is 6.61 Å². The molecule has 4 aliphatic carbocycles. The van der Waals surface area contributed by atoms with Crippen LogP contribution in [0.4, 0.5) is 0 Å². The molecule has 0 aromatic carbocycles. The van der Waals surface area contributed by atoms with Crippen LogP contribution in [0.15, 0.2) is 23.8 Å². The average molecular weight is 402 g/mol. The molecule has 4 rings (SSSR count). The molecule has 0 bridgehead atoms. The van der Waals surface area contributed by atoms with Gasteiger partial charge in [-0.3, -0.25) is 14.4 Å². The van der Waals surface area contributed by atoms with Gasteiger partial charge in [0.05, 0.1) is 6.10 Å². The molecule has 3 fully saturated rings. The quantitative estimate of drug-likeness (QED) is 0.702. The number of hydrogen-bond acceptors (Lipinski definition) is 6. The Morgan fingerprint density at radius 3 is 2.69 bits per heavy atom. The Balaban J connectivity index is 1.66. The Morgan fingerprint density at radius 2 is 2.00 bits per heavy atom. The largest absolute Gasteiger partial charge is 0.458 e. The molecule has 6 heteroatoms. The molecule has 0 aliphatic heterocycles. The highest BCUT2D eigenvalue weighted by molar-refractivity contribution is 6.01. The second-order valence-electron chi connectivity index (χ2n) is 9.81. The van der Waals surface area contributed by atoms with Gasteiger partial charge in [-0.2, -0.15) is 0 Å². The summed E-state index contributed by atoms with van der Waals surface area (Å²) in [6.45, 7) is 4.80. The predicted molar refractivity (Wildman–Crippen MR) is 105 cm³/mol. The predicted octanol–water partition coefficient (Wildman–Crippen LogP) is 2.13. The van der Waals surface area contributed by atoms with Gasteiger partial charge in [0.25, 0.3) is 0 Å². The molecule has 0 saturated heterocycles. The van der Waals surface area contributed by atoms with Gasteiger partial charge in [0, 0.05) is 23.7 Å². The van der Waals surface area contributed by atoms with Crippen molar-refractivity contribution >= 4 is 17.5 Å². The molecule has 0 radical (unpaired) electrons. The van der Waals surface area contributed by atoms with E-state index in [1.165, 1.54) is 6.92 Å². The number of esters is 1. The van der Waals surface area contributed by atoms with Crippen molar-refractivity contribution in [2.45, 2.75) is 64.6 Å². The summed E-state index contributed by atoms with van der Waals surface area (Å²) in [6.07, 6.45) is 7.50. The van der Waals surface area contributed by atoms with Gasteiger partial charge in [-0.1, -0.05) is 25.5 Å². The number of Topliss-reactive ketones (excluding diaryl/α,β-unsaturated/α-hetero) is 1.